The Labute approximate surface area is 218 Å². The molecule has 1 fully saturated rings. The number of carbonyl (C=O) groups excluding carboxylic acids is 2. The van der Waals surface area contributed by atoms with Gasteiger partial charge < -0.3 is 20.1 Å². The molecule has 2 aliphatic heterocycles. The SMILES string of the molecule is COC(=O)C1=C(C)NC(C)=C(C(=O)OC(C)N2CCNCC2c2nccs2)C1c1cccc([N+](=O)[O-])c1. The number of thiazole rings is 1. The number of hydrogen-bond acceptors (Lipinski definition) is 11. The molecule has 0 radical (unpaired) electrons. The predicted molar refractivity (Wildman–Crippen MR) is 136 cm³/mol. The average Bonchev–Trinajstić information content (AvgIpc) is 3.42. The van der Waals surface area contributed by atoms with Crippen LogP contribution in [0.25, 0.3) is 0 Å². The van der Waals surface area contributed by atoms with Crippen LogP contribution in [0.2, 0.25) is 0 Å². The number of piperazine rings is 1. The van der Waals surface area contributed by atoms with Crippen molar-refractivity contribution in [3.8, 4) is 0 Å². The number of ether oxygens (including phenoxy) is 2. The van der Waals surface area contributed by atoms with E-state index in [1.54, 1.807) is 44.4 Å². The maximum absolute atomic E-state index is 13.7. The minimum atomic E-state index is -0.911. The van der Waals surface area contributed by atoms with Crippen molar-refractivity contribution >= 4 is 29.0 Å². The third-order valence-corrected chi connectivity index (χ3v) is 7.44. The van der Waals surface area contributed by atoms with E-state index in [2.05, 4.69) is 20.5 Å². The lowest BCUT2D eigenvalue weighted by molar-refractivity contribution is -0.384. The van der Waals surface area contributed by atoms with Crippen LogP contribution < -0.4 is 10.6 Å². The molecule has 12 heteroatoms. The molecule has 196 valence electrons. The number of rotatable bonds is 7. The zero-order valence-electron chi connectivity index (χ0n) is 21.0. The number of nitrogens with one attached hydrogen (secondary N) is 2. The number of dihydropyridines is 1. The van der Waals surface area contributed by atoms with Gasteiger partial charge in [0.25, 0.3) is 5.69 Å². The summed E-state index contributed by atoms with van der Waals surface area (Å²) in [6, 6.07) is 5.85. The fraction of sp³-hybridized carbons (Fsp3) is 0.400. The number of nitrogens with zero attached hydrogens (tertiary/aromatic N) is 3. The fourth-order valence-electron chi connectivity index (χ4n) is 4.87. The fourth-order valence-corrected chi connectivity index (χ4v) is 5.62. The largest absolute Gasteiger partial charge is 0.466 e. The molecule has 4 rings (SSSR count). The Hall–Kier alpha value is -3.61. The highest BCUT2D eigenvalue weighted by atomic mass is 32.1. The Morgan fingerprint density at radius 3 is 2.62 bits per heavy atom. The first-order valence-corrected chi connectivity index (χ1v) is 12.7. The van der Waals surface area contributed by atoms with Crippen molar-refractivity contribution in [3.05, 3.63) is 79.1 Å². The summed E-state index contributed by atoms with van der Waals surface area (Å²) >= 11 is 1.54. The molecule has 11 nitrogen and oxygen atoms in total. The summed E-state index contributed by atoms with van der Waals surface area (Å²) in [5.74, 6) is -2.18. The maximum atomic E-state index is 13.7. The first kappa shape index (κ1) is 26.5. The van der Waals surface area contributed by atoms with E-state index in [1.807, 2.05) is 5.38 Å². The lowest BCUT2D eigenvalue weighted by Gasteiger charge is -2.39. The molecule has 3 heterocycles. The standard InChI is InChI=1S/C25H29N5O6S/c1-14-20(24(31)35-4)22(17-6-5-7-18(12-17)30(33)34)21(15(2)28-14)25(32)36-16(3)29-10-8-26-13-19(29)23-27-9-11-37-23/h5-7,9,11-12,16,19,22,26,28H,8,10,13H2,1-4H3. The molecule has 1 aromatic heterocycles. The molecule has 2 aliphatic rings. The van der Waals surface area contributed by atoms with Gasteiger partial charge >= 0.3 is 11.9 Å². The van der Waals surface area contributed by atoms with Crippen molar-refractivity contribution in [1.82, 2.24) is 20.5 Å². The number of non-ortho nitro benzene ring substituents is 1. The third kappa shape index (κ3) is 5.41. The van der Waals surface area contributed by atoms with Crippen LogP contribution in [0.4, 0.5) is 5.69 Å². The van der Waals surface area contributed by atoms with Gasteiger partial charge in [-0.25, -0.2) is 14.6 Å². The van der Waals surface area contributed by atoms with E-state index in [4.69, 9.17) is 9.47 Å². The van der Waals surface area contributed by atoms with E-state index in [0.29, 0.717) is 30.0 Å². The van der Waals surface area contributed by atoms with Crippen molar-refractivity contribution in [2.75, 3.05) is 26.7 Å². The van der Waals surface area contributed by atoms with Gasteiger partial charge in [0.15, 0.2) is 6.23 Å². The second-order valence-corrected chi connectivity index (χ2v) is 9.74. The predicted octanol–water partition coefficient (Wildman–Crippen LogP) is 2.99. The topological polar surface area (TPSA) is 136 Å². The van der Waals surface area contributed by atoms with Crippen LogP contribution >= 0.6 is 11.3 Å². The van der Waals surface area contributed by atoms with E-state index in [1.165, 1.54) is 25.3 Å². The molecule has 2 N–H and O–H groups in total. The summed E-state index contributed by atoms with van der Waals surface area (Å²) in [4.78, 5) is 44.1. The van der Waals surface area contributed by atoms with Gasteiger partial charge in [-0.3, -0.25) is 15.0 Å². The van der Waals surface area contributed by atoms with Crippen molar-refractivity contribution in [1.29, 1.82) is 0 Å². The molecule has 3 unspecified atom stereocenters. The van der Waals surface area contributed by atoms with Crippen LogP contribution in [-0.2, 0) is 19.1 Å². The van der Waals surface area contributed by atoms with Crippen LogP contribution in [0.15, 0.2) is 58.4 Å². The summed E-state index contributed by atoms with van der Waals surface area (Å²) < 4.78 is 11.0. The minimum absolute atomic E-state index is 0.0588. The number of aromatic nitrogens is 1. The molecule has 0 bridgehead atoms. The van der Waals surface area contributed by atoms with E-state index < -0.39 is 29.0 Å². The molecule has 37 heavy (non-hydrogen) atoms. The number of allylic oxidation sites excluding steroid dienone is 2. The highest BCUT2D eigenvalue weighted by molar-refractivity contribution is 7.09. The van der Waals surface area contributed by atoms with Crippen molar-refractivity contribution in [2.45, 2.75) is 39.0 Å². The number of nitro benzene ring substituents is 1. The van der Waals surface area contributed by atoms with E-state index in [-0.39, 0.29) is 22.9 Å². The highest BCUT2D eigenvalue weighted by Crippen LogP contribution is 2.40. The van der Waals surface area contributed by atoms with E-state index >= 15 is 0 Å². The number of nitro groups is 1. The monoisotopic (exact) mass is 527 g/mol. The van der Waals surface area contributed by atoms with Crippen molar-refractivity contribution in [3.63, 3.8) is 0 Å². The first-order chi connectivity index (χ1) is 17.7. The average molecular weight is 528 g/mol. The Kier molecular flexibility index (Phi) is 8.00. The Morgan fingerprint density at radius 1 is 1.24 bits per heavy atom. The smallest absolute Gasteiger partial charge is 0.338 e. The van der Waals surface area contributed by atoms with Crippen LogP contribution in [0, 0.1) is 10.1 Å². The van der Waals surface area contributed by atoms with Crippen LogP contribution in [0.5, 0.6) is 0 Å². The summed E-state index contributed by atoms with van der Waals surface area (Å²) in [5, 5.41) is 20.7. The lowest BCUT2D eigenvalue weighted by Crippen LogP contribution is -2.51. The van der Waals surface area contributed by atoms with Crippen LogP contribution in [0.1, 0.15) is 43.3 Å². The number of hydrogen-bond donors (Lipinski definition) is 2. The third-order valence-electron chi connectivity index (χ3n) is 6.57. The molecule has 0 spiro atoms. The number of esters is 2. The molecule has 2 aromatic rings. The van der Waals surface area contributed by atoms with Gasteiger partial charge in [-0.15, -0.1) is 11.3 Å². The summed E-state index contributed by atoms with van der Waals surface area (Å²) in [7, 11) is 1.25. The van der Waals surface area contributed by atoms with Crippen LogP contribution in [0.3, 0.4) is 0 Å². The first-order valence-electron chi connectivity index (χ1n) is 11.8. The van der Waals surface area contributed by atoms with Gasteiger partial charge in [0.2, 0.25) is 0 Å². The van der Waals surface area contributed by atoms with Gasteiger partial charge in [-0.05, 0) is 26.3 Å². The molecule has 1 saturated heterocycles. The van der Waals surface area contributed by atoms with Crippen LogP contribution in [-0.4, -0.2) is 59.7 Å². The Morgan fingerprint density at radius 2 is 1.97 bits per heavy atom. The summed E-state index contributed by atoms with van der Waals surface area (Å²) in [6.07, 6.45) is 1.15. The maximum Gasteiger partial charge on any atom is 0.338 e. The molecule has 0 amide bonds. The summed E-state index contributed by atoms with van der Waals surface area (Å²) in [6.45, 7) is 7.27. The quantitative estimate of drug-likeness (QED) is 0.314. The molecule has 0 saturated carbocycles. The Balaban J connectivity index is 1.69. The summed E-state index contributed by atoms with van der Waals surface area (Å²) in [5.41, 5.74) is 1.64. The second kappa shape index (κ2) is 11.2. The molecule has 3 atom stereocenters. The van der Waals surface area contributed by atoms with Gasteiger partial charge in [-0.1, -0.05) is 12.1 Å². The van der Waals surface area contributed by atoms with Crippen molar-refractivity contribution < 1.29 is 24.0 Å². The van der Waals surface area contributed by atoms with Crippen molar-refractivity contribution in [2.24, 2.45) is 0 Å². The zero-order chi connectivity index (χ0) is 26.7. The van der Waals surface area contributed by atoms with Gasteiger partial charge in [0.1, 0.15) is 5.01 Å². The molecule has 0 aliphatic carbocycles. The number of methoxy groups -OCH3 is 1. The van der Waals surface area contributed by atoms with Gasteiger partial charge in [0, 0.05) is 54.7 Å². The van der Waals surface area contributed by atoms with E-state index in [9.17, 15) is 19.7 Å². The normalized spacial score (nSPS) is 21.3. The van der Waals surface area contributed by atoms with Gasteiger partial charge in [-0.2, -0.15) is 0 Å². The number of benzene rings is 1. The lowest BCUT2D eigenvalue weighted by atomic mass is 9.80. The minimum Gasteiger partial charge on any atom is -0.466 e. The number of carbonyl (C=O) groups is 2. The second-order valence-electron chi connectivity index (χ2n) is 8.81. The molecular weight excluding hydrogens is 498 g/mol. The Bertz CT molecular complexity index is 1260. The molecule has 1 aromatic carbocycles. The molecular formula is C25H29N5O6S. The highest BCUT2D eigenvalue weighted by Gasteiger charge is 2.40. The van der Waals surface area contributed by atoms with E-state index in [0.717, 1.165) is 11.6 Å². The zero-order valence-corrected chi connectivity index (χ0v) is 21.8. The van der Waals surface area contributed by atoms with Gasteiger partial charge in [0.05, 0.1) is 35.1 Å².